The molecule has 6 nitrogen and oxygen atoms in total. The molecule has 0 spiro atoms. The summed E-state index contributed by atoms with van der Waals surface area (Å²) in [5, 5.41) is 14.8. The summed E-state index contributed by atoms with van der Waals surface area (Å²) in [4.78, 5) is 16.1. The normalized spacial score (nSPS) is 11.5. The first-order chi connectivity index (χ1) is 33.3. The number of hydrogen-bond donors (Lipinski definition) is 0. The van der Waals surface area contributed by atoms with Crippen LogP contribution in [0.2, 0.25) is 0 Å². The first-order valence-corrected chi connectivity index (χ1v) is 23.0. The van der Waals surface area contributed by atoms with Crippen LogP contribution in [0.3, 0.4) is 0 Å². The Hall–Kier alpha value is -8.92. The molecular weight excluding hydrogens is 829 g/mol. The van der Waals surface area contributed by atoms with Crippen LogP contribution in [0, 0.1) is 39.0 Å². The fraction of sp³-hybridized carbons (Fsp3) is 0.0645. The average molecular weight is 873 g/mol. The van der Waals surface area contributed by atoms with Crippen molar-refractivity contribution in [2.75, 3.05) is 0 Å². The zero-order valence-corrected chi connectivity index (χ0v) is 38.2. The van der Waals surface area contributed by atoms with E-state index < -0.39 is 0 Å². The van der Waals surface area contributed by atoms with Crippen LogP contribution in [0.1, 0.15) is 27.8 Å². The standard InChI is InChI=1S/C62H44N6/c1-38-21-26-53-48(31-38)49-32-39(2)22-27-54(49)67(53)57-30-25-46(45-18-11-13-42(35-45)37-63)36-52(57)47-19-12-20-58(68-55-28-23-40(3)33-50(55)51-34-41(4)24-29-56(51)68)59(47)62-65-60(43-14-7-5-8-15-43)64-61(66-62)44-16-9-6-10-17-44/h5-36H,1-4H3. The van der Waals surface area contributed by atoms with Crippen LogP contribution in [0.15, 0.2) is 194 Å². The zero-order chi connectivity index (χ0) is 46.0. The molecule has 0 aliphatic heterocycles. The Labute approximate surface area is 394 Å². The second-order valence-corrected chi connectivity index (χ2v) is 17.9. The molecule has 0 aliphatic carbocycles. The van der Waals surface area contributed by atoms with E-state index in [0.29, 0.717) is 23.0 Å². The van der Waals surface area contributed by atoms with Crippen LogP contribution < -0.4 is 0 Å². The van der Waals surface area contributed by atoms with Crippen LogP contribution in [0.4, 0.5) is 0 Å². The van der Waals surface area contributed by atoms with E-state index in [9.17, 15) is 5.26 Å². The fourth-order valence-electron chi connectivity index (χ4n) is 10.0. The summed E-state index contributed by atoms with van der Waals surface area (Å²) in [5.74, 6) is 1.71. The summed E-state index contributed by atoms with van der Waals surface area (Å²) in [5.41, 5.74) is 18.3. The molecule has 12 aromatic rings. The Morgan fingerprint density at radius 1 is 0.353 bits per heavy atom. The molecule has 12 rings (SSSR count). The zero-order valence-electron chi connectivity index (χ0n) is 38.2. The minimum absolute atomic E-state index is 0.550. The maximum Gasteiger partial charge on any atom is 0.166 e. The minimum Gasteiger partial charge on any atom is -0.309 e. The Morgan fingerprint density at radius 2 is 0.794 bits per heavy atom. The van der Waals surface area contributed by atoms with Gasteiger partial charge in [-0.05, 0) is 123 Å². The molecule has 0 atom stereocenters. The molecule has 0 unspecified atom stereocenters. The maximum atomic E-state index is 10.0. The van der Waals surface area contributed by atoms with Gasteiger partial charge in [0.05, 0.1) is 50.6 Å². The van der Waals surface area contributed by atoms with Gasteiger partial charge in [-0.1, -0.05) is 138 Å². The number of nitrogens with zero attached hydrogens (tertiary/aromatic N) is 6. The lowest BCUT2D eigenvalue weighted by atomic mass is 9.92. The molecule has 3 aromatic heterocycles. The molecule has 0 bridgehead atoms. The van der Waals surface area contributed by atoms with Crippen molar-refractivity contribution in [2.24, 2.45) is 0 Å². The van der Waals surface area contributed by atoms with Gasteiger partial charge in [0.25, 0.3) is 0 Å². The molecule has 3 heterocycles. The molecule has 0 N–H and O–H groups in total. The Balaban J connectivity index is 1.26. The highest BCUT2D eigenvalue weighted by Gasteiger charge is 2.26. The van der Waals surface area contributed by atoms with Crippen LogP contribution in [0.5, 0.6) is 0 Å². The van der Waals surface area contributed by atoms with E-state index in [1.165, 1.54) is 43.8 Å². The molecule has 322 valence electrons. The lowest BCUT2D eigenvalue weighted by molar-refractivity contribution is 1.06. The van der Waals surface area contributed by atoms with Gasteiger partial charge >= 0.3 is 0 Å². The third-order valence-electron chi connectivity index (χ3n) is 13.2. The van der Waals surface area contributed by atoms with Gasteiger partial charge in [0.1, 0.15) is 0 Å². The van der Waals surface area contributed by atoms with Crippen molar-refractivity contribution >= 4 is 43.6 Å². The van der Waals surface area contributed by atoms with Gasteiger partial charge < -0.3 is 9.13 Å². The van der Waals surface area contributed by atoms with Crippen molar-refractivity contribution in [3.8, 4) is 73.9 Å². The largest absolute Gasteiger partial charge is 0.309 e. The van der Waals surface area contributed by atoms with E-state index in [-0.39, 0.29) is 0 Å². The number of fused-ring (bicyclic) bond motifs is 6. The van der Waals surface area contributed by atoms with Gasteiger partial charge in [-0.25, -0.2) is 15.0 Å². The van der Waals surface area contributed by atoms with Gasteiger partial charge in [-0.15, -0.1) is 0 Å². The summed E-state index contributed by atoms with van der Waals surface area (Å²) in [6.45, 7) is 8.63. The minimum atomic E-state index is 0.550. The van der Waals surface area contributed by atoms with Crippen LogP contribution >= 0.6 is 0 Å². The van der Waals surface area contributed by atoms with Crippen molar-refractivity contribution in [3.63, 3.8) is 0 Å². The van der Waals surface area contributed by atoms with Crippen molar-refractivity contribution in [2.45, 2.75) is 27.7 Å². The van der Waals surface area contributed by atoms with Gasteiger partial charge in [0, 0.05) is 38.2 Å². The molecule has 0 aliphatic rings. The van der Waals surface area contributed by atoms with E-state index in [1.807, 2.05) is 54.6 Å². The molecule has 0 saturated heterocycles. The van der Waals surface area contributed by atoms with Crippen molar-refractivity contribution < 1.29 is 0 Å². The lowest BCUT2D eigenvalue weighted by Gasteiger charge is -2.21. The third kappa shape index (κ3) is 6.83. The highest BCUT2D eigenvalue weighted by atomic mass is 15.1. The SMILES string of the molecule is Cc1ccc2c(c1)c1cc(C)ccc1n2-c1ccc(-c2cccc(C#N)c2)cc1-c1cccc(-n2c3ccc(C)cc3c3cc(C)ccc32)c1-c1nc(-c2ccccc2)nc(-c2ccccc2)n1. The van der Waals surface area contributed by atoms with E-state index in [0.717, 1.165) is 72.4 Å². The van der Waals surface area contributed by atoms with E-state index in [2.05, 4.69) is 182 Å². The highest BCUT2D eigenvalue weighted by molar-refractivity contribution is 6.12. The summed E-state index contributed by atoms with van der Waals surface area (Å²) in [6, 6.07) is 70.8. The van der Waals surface area contributed by atoms with Crippen molar-refractivity contribution in [1.82, 2.24) is 24.1 Å². The van der Waals surface area contributed by atoms with Crippen LogP contribution in [0.25, 0.3) is 111 Å². The quantitative estimate of drug-likeness (QED) is 0.160. The molecule has 9 aromatic carbocycles. The molecule has 0 radical (unpaired) electrons. The smallest absolute Gasteiger partial charge is 0.166 e. The summed E-state index contributed by atoms with van der Waals surface area (Å²) in [6.07, 6.45) is 0. The number of benzene rings is 9. The predicted octanol–water partition coefficient (Wildman–Crippen LogP) is 15.5. The Bertz CT molecular complexity index is 3840. The number of nitriles is 1. The number of hydrogen-bond acceptors (Lipinski definition) is 4. The van der Waals surface area contributed by atoms with E-state index in [4.69, 9.17) is 15.0 Å². The lowest BCUT2D eigenvalue weighted by Crippen LogP contribution is -2.06. The first kappa shape index (κ1) is 40.6. The highest BCUT2D eigenvalue weighted by Crippen LogP contribution is 2.45. The number of aromatic nitrogens is 5. The fourth-order valence-corrected chi connectivity index (χ4v) is 10.0. The molecular formula is C62H44N6. The number of aryl methyl sites for hydroxylation is 4. The first-order valence-electron chi connectivity index (χ1n) is 23.0. The molecule has 0 fully saturated rings. The molecule has 0 amide bonds. The summed E-state index contributed by atoms with van der Waals surface area (Å²) in [7, 11) is 0. The topological polar surface area (TPSA) is 72.3 Å². The predicted molar refractivity (Wildman–Crippen MR) is 279 cm³/mol. The monoisotopic (exact) mass is 872 g/mol. The Morgan fingerprint density at radius 3 is 1.29 bits per heavy atom. The van der Waals surface area contributed by atoms with Gasteiger partial charge in [-0.3, -0.25) is 0 Å². The van der Waals surface area contributed by atoms with Crippen LogP contribution in [-0.4, -0.2) is 24.1 Å². The van der Waals surface area contributed by atoms with Crippen molar-refractivity contribution in [1.29, 1.82) is 5.26 Å². The average Bonchev–Trinajstić information content (AvgIpc) is 3.86. The molecule has 0 saturated carbocycles. The van der Waals surface area contributed by atoms with E-state index in [1.54, 1.807) is 0 Å². The summed E-state index contributed by atoms with van der Waals surface area (Å²) >= 11 is 0. The molecule has 68 heavy (non-hydrogen) atoms. The van der Waals surface area contributed by atoms with Gasteiger partial charge in [0.2, 0.25) is 0 Å². The van der Waals surface area contributed by atoms with Gasteiger partial charge in [-0.2, -0.15) is 5.26 Å². The van der Waals surface area contributed by atoms with Gasteiger partial charge in [0.15, 0.2) is 17.5 Å². The van der Waals surface area contributed by atoms with Crippen molar-refractivity contribution in [3.05, 3.63) is 222 Å². The molecule has 6 heteroatoms. The summed E-state index contributed by atoms with van der Waals surface area (Å²) < 4.78 is 4.80. The second-order valence-electron chi connectivity index (χ2n) is 17.9. The third-order valence-corrected chi connectivity index (χ3v) is 13.2. The second kappa shape index (κ2) is 16.2. The van der Waals surface area contributed by atoms with Crippen LogP contribution in [-0.2, 0) is 0 Å². The Kier molecular flexibility index (Phi) is 9.67. The number of rotatable bonds is 7. The maximum absolute atomic E-state index is 10.0. The van der Waals surface area contributed by atoms with E-state index >= 15 is 0 Å².